The summed E-state index contributed by atoms with van der Waals surface area (Å²) >= 11 is 0. The summed E-state index contributed by atoms with van der Waals surface area (Å²) in [5.74, 6) is -1.75. The Morgan fingerprint density at radius 1 is 1.36 bits per heavy atom. The van der Waals surface area contributed by atoms with Gasteiger partial charge in [0.05, 0.1) is 24.6 Å². The lowest BCUT2D eigenvalue weighted by molar-refractivity contribution is -0.143. The maximum Gasteiger partial charge on any atom is 0.307 e. The van der Waals surface area contributed by atoms with Gasteiger partial charge in [-0.15, -0.1) is 0 Å². The summed E-state index contributed by atoms with van der Waals surface area (Å²) in [6.45, 7) is 0.798. The molecule has 1 aromatic rings. The monoisotopic (exact) mass is 306 g/mol. The first-order valence-electron chi connectivity index (χ1n) is 7.41. The van der Waals surface area contributed by atoms with Crippen LogP contribution in [0.3, 0.4) is 0 Å². The molecule has 0 bridgehead atoms. The molecule has 2 aliphatic rings. The van der Waals surface area contributed by atoms with E-state index in [4.69, 9.17) is 9.52 Å². The van der Waals surface area contributed by atoms with Crippen molar-refractivity contribution in [1.29, 1.82) is 0 Å². The fraction of sp³-hybridized carbons (Fsp3) is 0.533. The number of likely N-dealkylation sites (tertiary alicyclic amines) is 1. The Bertz CT molecular complexity index is 583. The molecular formula is C15H18N2O5. The number of carboxylic acid groups (broad SMARTS) is 1. The van der Waals surface area contributed by atoms with Gasteiger partial charge >= 0.3 is 5.97 Å². The zero-order valence-corrected chi connectivity index (χ0v) is 12.0. The van der Waals surface area contributed by atoms with E-state index in [1.165, 1.54) is 11.2 Å². The van der Waals surface area contributed by atoms with Crippen LogP contribution < -0.4 is 5.32 Å². The Labute approximate surface area is 127 Å². The number of carbonyl (C=O) groups excluding carboxylic acids is 2. The molecule has 2 fully saturated rings. The third kappa shape index (κ3) is 2.84. The lowest BCUT2D eigenvalue weighted by Gasteiger charge is -2.24. The van der Waals surface area contributed by atoms with Gasteiger partial charge < -0.3 is 19.7 Å². The number of carboxylic acids is 1. The van der Waals surface area contributed by atoms with Crippen molar-refractivity contribution in [2.75, 3.05) is 6.54 Å². The van der Waals surface area contributed by atoms with Crippen LogP contribution in [0.2, 0.25) is 0 Å². The van der Waals surface area contributed by atoms with Crippen molar-refractivity contribution in [2.45, 2.75) is 31.8 Å². The molecule has 3 atom stereocenters. The molecule has 0 aromatic carbocycles. The second kappa shape index (κ2) is 5.82. The molecule has 1 saturated heterocycles. The summed E-state index contributed by atoms with van der Waals surface area (Å²) < 4.78 is 5.15. The van der Waals surface area contributed by atoms with Crippen LogP contribution in [0, 0.1) is 11.8 Å². The number of nitrogens with zero attached hydrogens (tertiary/aromatic N) is 1. The molecule has 1 aliphatic carbocycles. The van der Waals surface area contributed by atoms with Gasteiger partial charge in [-0.1, -0.05) is 0 Å². The van der Waals surface area contributed by atoms with Crippen LogP contribution in [0.5, 0.6) is 0 Å². The van der Waals surface area contributed by atoms with Gasteiger partial charge in [-0.3, -0.25) is 14.4 Å². The van der Waals surface area contributed by atoms with Crippen LogP contribution in [-0.4, -0.2) is 40.4 Å². The second-order valence-corrected chi connectivity index (χ2v) is 5.77. The first-order valence-corrected chi connectivity index (χ1v) is 7.41. The van der Waals surface area contributed by atoms with Gasteiger partial charge in [0.2, 0.25) is 11.8 Å². The maximum absolute atomic E-state index is 12.3. The molecule has 3 rings (SSSR count). The Hall–Kier alpha value is -2.31. The lowest BCUT2D eigenvalue weighted by Crippen LogP contribution is -2.46. The summed E-state index contributed by atoms with van der Waals surface area (Å²) in [6.07, 6.45) is 3.28. The Balaban J connectivity index is 1.57. The number of nitrogens with one attached hydrogen (secondary N) is 1. The van der Waals surface area contributed by atoms with E-state index >= 15 is 0 Å². The first kappa shape index (κ1) is 14.6. The maximum atomic E-state index is 12.3. The largest absolute Gasteiger partial charge is 0.481 e. The van der Waals surface area contributed by atoms with Crippen molar-refractivity contribution in [3.8, 4) is 0 Å². The molecule has 7 heteroatoms. The topological polar surface area (TPSA) is 99.9 Å². The molecule has 0 spiro atoms. The number of rotatable bonds is 5. The van der Waals surface area contributed by atoms with E-state index in [1.807, 2.05) is 0 Å². The number of hydrogen-bond donors (Lipinski definition) is 2. The van der Waals surface area contributed by atoms with Gasteiger partial charge in [0.25, 0.3) is 0 Å². The molecule has 7 nitrogen and oxygen atoms in total. The Kier molecular flexibility index (Phi) is 3.87. The summed E-state index contributed by atoms with van der Waals surface area (Å²) in [5, 5.41) is 11.7. The summed E-state index contributed by atoms with van der Waals surface area (Å²) in [6, 6.07) is 3.00. The van der Waals surface area contributed by atoms with E-state index in [0.29, 0.717) is 25.1 Å². The Morgan fingerprint density at radius 2 is 2.18 bits per heavy atom. The van der Waals surface area contributed by atoms with Crippen LogP contribution in [0.1, 0.15) is 25.0 Å². The quantitative estimate of drug-likeness (QED) is 0.830. The third-order valence-corrected chi connectivity index (χ3v) is 4.28. The van der Waals surface area contributed by atoms with Crippen molar-refractivity contribution in [1.82, 2.24) is 10.2 Å². The molecule has 2 heterocycles. The van der Waals surface area contributed by atoms with Crippen LogP contribution in [0.25, 0.3) is 0 Å². The number of aliphatic carboxylic acids is 1. The van der Waals surface area contributed by atoms with E-state index in [0.717, 1.165) is 6.42 Å². The molecule has 0 radical (unpaired) electrons. The molecule has 2 amide bonds. The van der Waals surface area contributed by atoms with Crippen LogP contribution >= 0.6 is 0 Å². The molecule has 1 saturated carbocycles. The number of hydrogen-bond acceptors (Lipinski definition) is 4. The van der Waals surface area contributed by atoms with Gasteiger partial charge in [0.15, 0.2) is 0 Å². The summed E-state index contributed by atoms with van der Waals surface area (Å²) in [5.41, 5.74) is 0. The van der Waals surface area contributed by atoms with Gasteiger partial charge in [-0.05, 0) is 31.4 Å². The van der Waals surface area contributed by atoms with E-state index in [-0.39, 0.29) is 18.4 Å². The highest BCUT2D eigenvalue weighted by Crippen LogP contribution is 2.41. The number of furan rings is 1. The fourth-order valence-electron chi connectivity index (χ4n) is 2.96. The minimum Gasteiger partial charge on any atom is -0.481 e. The molecule has 2 N–H and O–H groups in total. The summed E-state index contributed by atoms with van der Waals surface area (Å²) in [4.78, 5) is 37.0. The van der Waals surface area contributed by atoms with Crippen LogP contribution in [0.15, 0.2) is 22.8 Å². The smallest absolute Gasteiger partial charge is 0.307 e. The summed E-state index contributed by atoms with van der Waals surface area (Å²) in [7, 11) is 0. The zero-order chi connectivity index (χ0) is 15.7. The van der Waals surface area contributed by atoms with Gasteiger partial charge in [-0.25, -0.2) is 0 Å². The standard InChI is InChI=1S/C15H18N2O5/c18-13(16-8-9-3-2-6-22-9)12-4-1-5-17(12)14(19)10-7-11(10)15(20)21/h2-3,6,10-12H,1,4-5,7-8H2,(H,16,18)(H,20,21). The van der Waals surface area contributed by atoms with E-state index in [2.05, 4.69) is 5.32 Å². The van der Waals surface area contributed by atoms with Gasteiger partial charge in [-0.2, -0.15) is 0 Å². The SMILES string of the molecule is O=C(O)C1CC1C(=O)N1CCCC1C(=O)NCc1ccco1. The van der Waals surface area contributed by atoms with Gasteiger partial charge in [0.1, 0.15) is 11.8 Å². The van der Waals surface area contributed by atoms with Crippen LogP contribution in [-0.2, 0) is 20.9 Å². The zero-order valence-electron chi connectivity index (χ0n) is 12.0. The highest BCUT2D eigenvalue weighted by atomic mass is 16.4. The lowest BCUT2D eigenvalue weighted by atomic mass is 10.2. The molecular weight excluding hydrogens is 288 g/mol. The molecule has 22 heavy (non-hydrogen) atoms. The second-order valence-electron chi connectivity index (χ2n) is 5.77. The Morgan fingerprint density at radius 3 is 2.82 bits per heavy atom. The van der Waals surface area contributed by atoms with Crippen LogP contribution in [0.4, 0.5) is 0 Å². The van der Waals surface area contributed by atoms with E-state index < -0.39 is 23.8 Å². The highest BCUT2D eigenvalue weighted by molar-refractivity contribution is 5.93. The van der Waals surface area contributed by atoms with Crippen molar-refractivity contribution in [2.24, 2.45) is 11.8 Å². The average Bonchev–Trinajstić information content (AvgIpc) is 2.91. The molecule has 118 valence electrons. The van der Waals surface area contributed by atoms with Crippen molar-refractivity contribution >= 4 is 17.8 Å². The van der Waals surface area contributed by atoms with Crippen molar-refractivity contribution in [3.63, 3.8) is 0 Å². The average molecular weight is 306 g/mol. The van der Waals surface area contributed by atoms with Crippen molar-refractivity contribution < 1.29 is 23.9 Å². The normalized spacial score (nSPS) is 26.7. The van der Waals surface area contributed by atoms with Crippen molar-refractivity contribution in [3.05, 3.63) is 24.2 Å². The number of carbonyl (C=O) groups is 3. The van der Waals surface area contributed by atoms with E-state index in [9.17, 15) is 14.4 Å². The van der Waals surface area contributed by atoms with E-state index in [1.54, 1.807) is 12.1 Å². The third-order valence-electron chi connectivity index (χ3n) is 4.28. The minimum absolute atomic E-state index is 0.206. The highest BCUT2D eigenvalue weighted by Gasteiger charge is 2.51. The molecule has 1 aromatic heterocycles. The predicted molar refractivity (Wildman–Crippen MR) is 74.5 cm³/mol. The fourth-order valence-corrected chi connectivity index (χ4v) is 2.96. The minimum atomic E-state index is -0.934. The molecule has 3 unspecified atom stereocenters. The predicted octanol–water partition coefficient (Wildman–Crippen LogP) is 0.608. The first-order chi connectivity index (χ1) is 10.6. The van der Waals surface area contributed by atoms with Gasteiger partial charge in [0, 0.05) is 6.54 Å². The number of amides is 2. The molecule has 1 aliphatic heterocycles.